The first-order valence-corrected chi connectivity index (χ1v) is 10.6. The molecular weight excluding hydrogens is 388 g/mol. The maximum absolute atomic E-state index is 12.5. The average Bonchev–Trinajstić information content (AvgIpc) is 2.83. The fourth-order valence-electron chi connectivity index (χ4n) is 3.23. The molecule has 3 aromatic rings. The van der Waals surface area contributed by atoms with Crippen LogP contribution in [-0.2, 0) is 4.74 Å². The molecule has 0 heterocycles. The predicted molar refractivity (Wildman–Crippen MR) is 124 cm³/mol. The predicted octanol–water partition coefficient (Wildman–Crippen LogP) is 5.10. The van der Waals surface area contributed by atoms with E-state index in [9.17, 15) is 9.59 Å². The number of carbonyl (C=O) groups excluding carboxylic acids is 2. The summed E-state index contributed by atoms with van der Waals surface area (Å²) in [5.41, 5.74) is 3.82. The minimum absolute atomic E-state index is 0.200. The van der Waals surface area contributed by atoms with Crippen LogP contribution in [0.5, 0.6) is 0 Å². The van der Waals surface area contributed by atoms with Crippen molar-refractivity contribution in [2.24, 2.45) is 0 Å². The van der Waals surface area contributed by atoms with E-state index in [4.69, 9.17) is 4.74 Å². The first kappa shape index (κ1) is 22.2. The maximum atomic E-state index is 12.5. The highest BCUT2D eigenvalue weighted by Crippen LogP contribution is 2.20. The van der Waals surface area contributed by atoms with Crippen molar-refractivity contribution < 1.29 is 14.3 Å². The van der Waals surface area contributed by atoms with Gasteiger partial charge in [0.25, 0.3) is 5.91 Å². The quantitative estimate of drug-likeness (QED) is 0.493. The Balaban J connectivity index is 1.54. The molecule has 3 rings (SSSR count). The Morgan fingerprint density at radius 1 is 0.774 bits per heavy atom. The van der Waals surface area contributed by atoms with E-state index in [-0.39, 0.29) is 11.9 Å². The van der Waals surface area contributed by atoms with Crippen LogP contribution in [0, 0.1) is 0 Å². The van der Waals surface area contributed by atoms with Gasteiger partial charge in [-0.15, -0.1) is 0 Å². The van der Waals surface area contributed by atoms with E-state index in [0.717, 1.165) is 30.8 Å². The Morgan fingerprint density at radius 2 is 1.35 bits per heavy atom. The van der Waals surface area contributed by atoms with Gasteiger partial charge in [0.05, 0.1) is 5.56 Å². The molecule has 5 nitrogen and oxygen atoms in total. The molecule has 0 aliphatic heterocycles. The highest BCUT2D eigenvalue weighted by atomic mass is 16.5. The van der Waals surface area contributed by atoms with Gasteiger partial charge >= 0.3 is 5.97 Å². The first-order chi connectivity index (χ1) is 15.1. The maximum Gasteiger partial charge on any atom is 0.338 e. The molecule has 0 unspecified atom stereocenters. The van der Waals surface area contributed by atoms with E-state index < -0.39 is 0 Å². The Labute approximate surface area is 183 Å². The van der Waals surface area contributed by atoms with Gasteiger partial charge in [0.1, 0.15) is 6.61 Å². The highest BCUT2D eigenvalue weighted by Gasteiger charge is 2.10. The molecule has 0 aliphatic carbocycles. The van der Waals surface area contributed by atoms with Crippen LogP contribution in [0.25, 0.3) is 11.1 Å². The van der Waals surface area contributed by atoms with E-state index in [1.165, 1.54) is 0 Å². The van der Waals surface area contributed by atoms with Crippen LogP contribution in [-0.4, -0.2) is 43.0 Å². The molecule has 1 amide bonds. The number of ether oxygens (including phenoxy) is 1. The molecule has 0 aliphatic rings. The number of nitrogens with one attached hydrogen (secondary N) is 1. The fraction of sp³-hybridized carbons (Fsp3) is 0.231. The second kappa shape index (κ2) is 11.1. The third kappa shape index (κ3) is 6.27. The summed E-state index contributed by atoms with van der Waals surface area (Å²) < 4.78 is 5.33. The summed E-state index contributed by atoms with van der Waals surface area (Å²) in [6, 6.07) is 24.2. The molecule has 0 bridgehead atoms. The van der Waals surface area contributed by atoms with Crippen LogP contribution < -0.4 is 5.32 Å². The summed E-state index contributed by atoms with van der Waals surface area (Å²) in [5, 5.41) is 2.86. The van der Waals surface area contributed by atoms with Gasteiger partial charge in [0.2, 0.25) is 0 Å². The summed E-state index contributed by atoms with van der Waals surface area (Å²) in [5.74, 6) is -0.560. The van der Waals surface area contributed by atoms with Crippen molar-refractivity contribution in [2.45, 2.75) is 13.8 Å². The topological polar surface area (TPSA) is 58.6 Å². The van der Waals surface area contributed by atoms with Crippen LogP contribution in [0.3, 0.4) is 0 Å². The Bertz CT molecular complexity index is 979. The van der Waals surface area contributed by atoms with Gasteiger partial charge in [-0.05, 0) is 60.6 Å². The van der Waals surface area contributed by atoms with Crippen molar-refractivity contribution in [3.05, 3.63) is 90.0 Å². The molecule has 1 N–H and O–H groups in total. The summed E-state index contributed by atoms with van der Waals surface area (Å²) in [6.07, 6.45) is 0. The SMILES string of the molecule is CCN(CC)CCOC(=O)c1ccc(NC(=O)c2ccc(-c3ccccc3)cc2)cc1. The monoisotopic (exact) mass is 416 g/mol. The Kier molecular flexibility index (Phi) is 7.96. The number of amides is 1. The second-order valence-electron chi connectivity index (χ2n) is 7.14. The van der Waals surface area contributed by atoms with E-state index in [2.05, 4.69) is 24.1 Å². The molecule has 5 heteroatoms. The molecule has 0 atom stereocenters. The number of anilines is 1. The molecular formula is C26H28N2O3. The van der Waals surface area contributed by atoms with E-state index in [0.29, 0.717) is 23.4 Å². The summed E-state index contributed by atoms with van der Waals surface area (Å²) in [4.78, 5) is 26.9. The van der Waals surface area contributed by atoms with Crippen molar-refractivity contribution in [1.82, 2.24) is 4.90 Å². The molecule has 0 spiro atoms. The Hall–Kier alpha value is -3.44. The zero-order chi connectivity index (χ0) is 22.1. The Morgan fingerprint density at radius 3 is 1.97 bits per heavy atom. The van der Waals surface area contributed by atoms with Crippen LogP contribution in [0.4, 0.5) is 5.69 Å². The molecule has 160 valence electrons. The largest absolute Gasteiger partial charge is 0.461 e. The van der Waals surface area contributed by atoms with E-state index in [1.54, 1.807) is 36.4 Å². The van der Waals surface area contributed by atoms with Gasteiger partial charge in [-0.3, -0.25) is 4.79 Å². The zero-order valence-electron chi connectivity index (χ0n) is 18.0. The van der Waals surface area contributed by atoms with Crippen molar-refractivity contribution in [2.75, 3.05) is 31.6 Å². The fourth-order valence-corrected chi connectivity index (χ4v) is 3.23. The number of benzene rings is 3. The number of nitrogens with zero attached hydrogens (tertiary/aromatic N) is 1. The third-order valence-corrected chi connectivity index (χ3v) is 5.17. The highest BCUT2D eigenvalue weighted by molar-refractivity contribution is 6.04. The zero-order valence-corrected chi connectivity index (χ0v) is 18.0. The molecule has 0 aromatic heterocycles. The second-order valence-corrected chi connectivity index (χ2v) is 7.14. The standard InChI is InChI=1S/C26H28N2O3/c1-3-28(4-2)18-19-31-26(30)23-14-16-24(17-15-23)27-25(29)22-12-10-21(11-13-22)20-8-6-5-7-9-20/h5-17H,3-4,18-19H2,1-2H3,(H,27,29). The number of hydrogen-bond donors (Lipinski definition) is 1. The molecule has 0 fully saturated rings. The summed E-state index contributed by atoms with van der Waals surface area (Å²) in [6.45, 7) is 7.09. The van der Waals surface area contributed by atoms with Crippen LogP contribution >= 0.6 is 0 Å². The number of esters is 1. The lowest BCUT2D eigenvalue weighted by molar-refractivity contribution is 0.0466. The van der Waals surface area contributed by atoms with Gasteiger partial charge in [-0.25, -0.2) is 4.79 Å². The lowest BCUT2D eigenvalue weighted by Crippen LogP contribution is -2.27. The van der Waals surface area contributed by atoms with Gasteiger partial charge in [0, 0.05) is 17.8 Å². The molecule has 0 radical (unpaired) electrons. The molecule has 31 heavy (non-hydrogen) atoms. The first-order valence-electron chi connectivity index (χ1n) is 10.6. The number of carbonyl (C=O) groups is 2. The van der Waals surface area contributed by atoms with Crippen LogP contribution in [0.15, 0.2) is 78.9 Å². The van der Waals surface area contributed by atoms with Crippen molar-refractivity contribution in [1.29, 1.82) is 0 Å². The average molecular weight is 417 g/mol. The van der Waals surface area contributed by atoms with E-state index in [1.807, 2.05) is 42.5 Å². The number of likely N-dealkylation sites (N-methyl/N-ethyl adjacent to an activating group) is 1. The van der Waals surface area contributed by atoms with Crippen molar-refractivity contribution in [3.63, 3.8) is 0 Å². The minimum Gasteiger partial charge on any atom is -0.461 e. The number of hydrogen-bond acceptors (Lipinski definition) is 4. The molecule has 3 aromatic carbocycles. The lowest BCUT2D eigenvalue weighted by Gasteiger charge is -2.17. The van der Waals surface area contributed by atoms with Crippen LogP contribution in [0.1, 0.15) is 34.6 Å². The third-order valence-electron chi connectivity index (χ3n) is 5.17. The normalized spacial score (nSPS) is 10.7. The van der Waals surface area contributed by atoms with Crippen molar-refractivity contribution in [3.8, 4) is 11.1 Å². The summed E-state index contributed by atoms with van der Waals surface area (Å²) >= 11 is 0. The van der Waals surface area contributed by atoms with Gasteiger partial charge in [-0.1, -0.05) is 56.3 Å². The van der Waals surface area contributed by atoms with Gasteiger partial charge in [-0.2, -0.15) is 0 Å². The smallest absolute Gasteiger partial charge is 0.338 e. The number of rotatable bonds is 9. The minimum atomic E-state index is -0.360. The van der Waals surface area contributed by atoms with Gasteiger partial charge < -0.3 is 15.0 Å². The van der Waals surface area contributed by atoms with Gasteiger partial charge in [0.15, 0.2) is 0 Å². The molecule has 0 saturated carbocycles. The van der Waals surface area contributed by atoms with E-state index >= 15 is 0 Å². The van der Waals surface area contributed by atoms with Crippen LogP contribution in [0.2, 0.25) is 0 Å². The lowest BCUT2D eigenvalue weighted by atomic mass is 10.0. The molecule has 0 saturated heterocycles. The summed E-state index contributed by atoms with van der Waals surface area (Å²) in [7, 11) is 0. The van der Waals surface area contributed by atoms with Crippen molar-refractivity contribution >= 4 is 17.6 Å².